The number of rotatable bonds is 3. The van der Waals surface area contributed by atoms with Crippen molar-refractivity contribution in [3.8, 4) is 0 Å². The highest BCUT2D eigenvalue weighted by Crippen LogP contribution is 2.23. The first-order valence-corrected chi connectivity index (χ1v) is 5.75. The van der Waals surface area contributed by atoms with E-state index >= 15 is 0 Å². The first-order chi connectivity index (χ1) is 9.00. The molecule has 0 aromatic heterocycles. The van der Waals surface area contributed by atoms with Gasteiger partial charge in [0.1, 0.15) is 18.3 Å². The summed E-state index contributed by atoms with van der Waals surface area (Å²) >= 11 is 0. The number of aliphatic carboxylic acids is 1. The molecule has 0 amide bonds. The summed E-state index contributed by atoms with van der Waals surface area (Å²) < 4.78 is 5.08. The summed E-state index contributed by atoms with van der Waals surface area (Å²) in [5.41, 5.74) is 0.597. The number of carboxylic acid groups (broad SMARTS) is 1. The van der Waals surface area contributed by atoms with E-state index in [1.807, 2.05) is 0 Å². The lowest BCUT2D eigenvalue weighted by Gasteiger charge is -2.39. The van der Waals surface area contributed by atoms with Crippen molar-refractivity contribution in [2.75, 3.05) is 5.32 Å². The Balaban J connectivity index is 2.13. The molecule has 19 heavy (non-hydrogen) atoms. The van der Waals surface area contributed by atoms with Crippen LogP contribution in [0.3, 0.4) is 0 Å². The van der Waals surface area contributed by atoms with Gasteiger partial charge in [0.2, 0.25) is 0 Å². The van der Waals surface area contributed by atoms with E-state index in [4.69, 9.17) is 9.84 Å². The third-order valence-corrected chi connectivity index (χ3v) is 2.94. The van der Waals surface area contributed by atoms with Gasteiger partial charge in [0, 0.05) is 5.69 Å². The van der Waals surface area contributed by atoms with E-state index < -0.39 is 36.6 Å². The van der Waals surface area contributed by atoms with Gasteiger partial charge in [-0.15, -0.1) is 0 Å². The maximum atomic E-state index is 10.9. The SMILES string of the molecule is O=C(O)[C@H]1O[C@@H](Nc2ccccc2)[C@H](O)[C@@H](O)[C@@H]1O. The first-order valence-electron chi connectivity index (χ1n) is 5.75. The number of hydrogen-bond acceptors (Lipinski definition) is 6. The molecule has 0 aliphatic carbocycles. The van der Waals surface area contributed by atoms with Gasteiger partial charge in [0.25, 0.3) is 0 Å². The van der Waals surface area contributed by atoms with E-state index in [0.29, 0.717) is 5.69 Å². The molecule has 2 rings (SSSR count). The van der Waals surface area contributed by atoms with Crippen molar-refractivity contribution in [3.05, 3.63) is 30.3 Å². The van der Waals surface area contributed by atoms with Crippen LogP contribution in [0, 0.1) is 0 Å². The molecule has 1 aromatic carbocycles. The van der Waals surface area contributed by atoms with Crippen LogP contribution in [0.1, 0.15) is 0 Å². The molecule has 1 aliphatic rings. The summed E-state index contributed by atoms with van der Waals surface area (Å²) in [6, 6.07) is 8.68. The molecule has 0 unspecified atom stereocenters. The number of anilines is 1. The van der Waals surface area contributed by atoms with Crippen LogP contribution in [0.25, 0.3) is 0 Å². The fourth-order valence-electron chi connectivity index (χ4n) is 1.90. The van der Waals surface area contributed by atoms with E-state index in [9.17, 15) is 20.1 Å². The van der Waals surface area contributed by atoms with Crippen molar-refractivity contribution in [3.63, 3.8) is 0 Å². The van der Waals surface area contributed by atoms with Gasteiger partial charge in [-0.05, 0) is 12.1 Å². The predicted molar refractivity (Wildman–Crippen MR) is 64.4 cm³/mol. The third-order valence-electron chi connectivity index (χ3n) is 2.94. The molecule has 0 bridgehead atoms. The van der Waals surface area contributed by atoms with E-state index in [2.05, 4.69) is 5.32 Å². The standard InChI is InChI=1S/C12H15NO6/c14-7-8(15)10(12(17)18)19-11(9(7)16)13-6-4-2-1-3-5-6/h1-5,7-11,13-16H,(H,17,18)/t7-,8-,9+,10-,11+/m0/s1. The Morgan fingerprint density at radius 3 is 2.26 bits per heavy atom. The number of hydrogen-bond donors (Lipinski definition) is 5. The average molecular weight is 269 g/mol. The highest BCUT2D eigenvalue weighted by atomic mass is 16.6. The van der Waals surface area contributed by atoms with Crippen molar-refractivity contribution >= 4 is 11.7 Å². The van der Waals surface area contributed by atoms with Crippen LogP contribution in [0.4, 0.5) is 5.69 Å². The quantitative estimate of drug-likeness (QED) is 0.477. The zero-order valence-corrected chi connectivity index (χ0v) is 9.88. The lowest BCUT2D eigenvalue weighted by molar-refractivity contribution is -0.221. The number of nitrogens with one attached hydrogen (secondary N) is 1. The smallest absolute Gasteiger partial charge is 0.335 e. The van der Waals surface area contributed by atoms with Crippen LogP contribution < -0.4 is 5.32 Å². The van der Waals surface area contributed by atoms with Crippen LogP contribution in [-0.4, -0.2) is 57.0 Å². The van der Waals surface area contributed by atoms with E-state index in [-0.39, 0.29) is 0 Å². The molecule has 1 aliphatic heterocycles. The molecule has 1 fully saturated rings. The summed E-state index contributed by atoms with van der Waals surface area (Å²) in [6.07, 6.45) is -7.44. The Morgan fingerprint density at radius 2 is 1.68 bits per heavy atom. The molecule has 104 valence electrons. The predicted octanol–water partition coefficient (Wildman–Crippen LogP) is -1.01. The molecule has 0 radical (unpaired) electrons. The first kappa shape index (κ1) is 13.8. The highest BCUT2D eigenvalue weighted by Gasteiger charge is 2.46. The number of ether oxygens (including phenoxy) is 1. The van der Waals surface area contributed by atoms with E-state index in [1.165, 1.54) is 0 Å². The van der Waals surface area contributed by atoms with Crippen molar-refractivity contribution < 1.29 is 30.0 Å². The Labute approximate surface area is 109 Å². The minimum absolute atomic E-state index is 0.597. The second-order valence-corrected chi connectivity index (χ2v) is 4.30. The van der Waals surface area contributed by atoms with Crippen molar-refractivity contribution in [2.45, 2.75) is 30.6 Å². The van der Waals surface area contributed by atoms with Crippen molar-refractivity contribution in [1.29, 1.82) is 0 Å². The fraction of sp³-hybridized carbons (Fsp3) is 0.417. The minimum Gasteiger partial charge on any atom is -0.479 e. The van der Waals surface area contributed by atoms with Crippen molar-refractivity contribution in [1.82, 2.24) is 0 Å². The van der Waals surface area contributed by atoms with Gasteiger partial charge >= 0.3 is 5.97 Å². The lowest BCUT2D eigenvalue weighted by Crippen LogP contribution is -2.61. The lowest BCUT2D eigenvalue weighted by atomic mass is 9.98. The van der Waals surface area contributed by atoms with Gasteiger partial charge < -0.3 is 30.5 Å². The fourth-order valence-corrected chi connectivity index (χ4v) is 1.90. The minimum atomic E-state index is -1.68. The number of carbonyl (C=O) groups is 1. The van der Waals surface area contributed by atoms with Crippen LogP contribution in [0.2, 0.25) is 0 Å². The van der Waals surface area contributed by atoms with Crippen LogP contribution >= 0.6 is 0 Å². The Hall–Kier alpha value is -1.67. The summed E-state index contributed by atoms with van der Waals surface area (Å²) in [5.74, 6) is -1.40. The topological polar surface area (TPSA) is 119 Å². The molecule has 0 spiro atoms. The Kier molecular flexibility index (Phi) is 4.01. The Bertz CT molecular complexity index is 439. The van der Waals surface area contributed by atoms with Gasteiger partial charge in [-0.3, -0.25) is 0 Å². The van der Waals surface area contributed by atoms with Gasteiger partial charge in [-0.25, -0.2) is 4.79 Å². The van der Waals surface area contributed by atoms with E-state index in [1.54, 1.807) is 30.3 Å². The maximum absolute atomic E-state index is 10.9. The average Bonchev–Trinajstić information content (AvgIpc) is 2.40. The van der Waals surface area contributed by atoms with Gasteiger partial charge in [0.05, 0.1) is 0 Å². The molecule has 5 N–H and O–H groups in total. The van der Waals surface area contributed by atoms with Crippen LogP contribution in [0.15, 0.2) is 30.3 Å². The number of aliphatic hydroxyl groups is 3. The van der Waals surface area contributed by atoms with Crippen LogP contribution in [0.5, 0.6) is 0 Å². The van der Waals surface area contributed by atoms with Gasteiger partial charge in [-0.2, -0.15) is 0 Å². The zero-order valence-electron chi connectivity index (χ0n) is 9.88. The number of carboxylic acids is 1. The Morgan fingerprint density at radius 1 is 1.05 bits per heavy atom. The van der Waals surface area contributed by atoms with Gasteiger partial charge in [-0.1, -0.05) is 18.2 Å². The number of para-hydroxylation sites is 1. The molecular formula is C12H15NO6. The number of aliphatic hydroxyl groups excluding tert-OH is 3. The molecule has 5 atom stereocenters. The highest BCUT2D eigenvalue weighted by molar-refractivity contribution is 5.73. The molecule has 1 aromatic rings. The molecular weight excluding hydrogens is 254 g/mol. The summed E-state index contributed by atoms with van der Waals surface area (Å²) in [6.45, 7) is 0. The summed E-state index contributed by atoms with van der Waals surface area (Å²) in [4.78, 5) is 10.9. The normalized spacial score (nSPS) is 34.8. The largest absolute Gasteiger partial charge is 0.479 e. The van der Waals surface area contributed by atoms with Gasteiger partial charge in [0.15, 0.2) is 12.3 Å². The molecule has 7 heteroatoms. The number of benzene rings is 1. The summed E-state index contributed by atoms with van der Waals surface area (Å²) in [7, 11) is 0. The monoisotopic (exact) mass is 269 g/mol. The zero-order chi connectivity index (χ0) is 14.0. The summed E-state index contributed by atoms with van der Waals surface area (Å²) in [5, 5.41) is 40.6. The van der Waals surface area contributed by atoms with Crippen molar-refractivity contribution in [2.24, 2.45) is 0 Å². The van der Waals surface area contributed by atoms with Crippen LogP contribution in [-0.2, 0) is 9.53 Å². The maximum Gasteiger partial charge on any atom is 0.335 e. The molecule has 7 nitrogen and oxygen atoms in total. The molecule has 1 heterocycles. The van der Waals surface area contributed by atoms with E-state index in [0.717, 1.165) is 0 Å². The second-order valence-electron chi connectivity index (χ2n) is 4.30. The third kappa shape index (κ3) is 2.85. The molecule has 1 saturated heterocycles. The second kappa shape index (κ2) is 5.54. The molecule has 0 saturated carbocycles.